The van der Waals surface area contributed by atoms with Crippen molar-refractivity contribution in [3.05, 3.63) is 47.2 Å². The lowest BCUT2D eigenvalue weighted by atomic mass is 10.0. The Bertz CT molecular complexity index is 759. The van der Waals surface area contributed by atoms with Gasteiger partial charge in [0.05, 0.1) is 27.8 Å². The normalized spacial score (nSPS) is 10.1. The zero-order chi connectivity index (χ0) is 17.7. The highest BCUT2D eigenvalue weighted by molar-refractivity contribution is 6.04. The molecule has 0 radical (unpaired) electrons. The molecule has 2 aromatic rings. The zero-order valence-corrected chi connectivity index (χ0v) is 13.5. The van der Waals surface area contributed by atoms with Crippen molar-refractivity contribution in [3.8, 4) is 11.3 Å². The Morgan fingerprint density at radius 1 is 0.917 bits per heavy atom. The van der Waals surface area contributed by atoms with E-state index in [0.29, 0.717) is 5.56 Å². The van der Waals surface area contributed by atoms with E-state index < -0.39 is 17.9 Å². The molecule has 0 amide bonds. The highest BCUT2D eigenvalue weighted by atomic mass is 16.5. The van der Waals surface area contributed by atoms with E-state index in [4.69, 9.17) is 9.15 Å². The molecular formula is C17H16O7. The topological polar surface area (TPSA) is 92.0 Å². The first-order valence-electron chi connectivity index (χ1n) is 6.98. The minimum atomic E-state index is -0.844. The summed E-state index contributed by atoms with van der Waals surface area (Å²) in [5, 5.41) is 0. The van der Waals surface area contributed by atoms with Crippen molar-refractivity contribution in [2.24, 2.45) is 0 Å². The molecule has 2 rings (SSSR count). The van der Waals surface area contributed by atoms with E-state index in [9.17, 15) is 14.4 Å². The standard InChI is InChI=1S/C17H16O7/c1-21-12(18)9-11-13(16(19)22-2)15(17(20)23-3)24-14(11)10-7-5-4-6-8-10/h4-8H,9H2,1-3H3. The Balaban J connectivity index is 2.73. The summed E-state index contributed by atoms with van der Waals surface area (Å²) in [5.41, 5.74) is 0.658. The van der Waals surface area contributed by atoms with Crippen molar-refractivity contribution in [2.45, 2.75) is 6.42 Å². The fourth-order valence-electron chi connectivity index (χ4n) is 2.23. The third kappa shape index (κ3) is 3.29. The van der Waals surface area contributed by atoms with E-state index >= 15 is 0 Å². The van der Waals surface area contributed by atoms with Gasteiger partial charge in [-0.3, -0.25) is 4.79 Å². The van der Waals surface area contributed by atoms with Crippen LogP contribution < -0.4 is 0 Å². The van der Waals surface area contributed by atoms with Gasteiger partial charge in [0.25, 0.3) is 0 Å². The molecule has 0 bridgehead atoms. The highest BCUT2D eigenvalue weighted by Crippen LogP contribution is 2.33. The lowest BCUT2D eigenvalue weighted by molar-refractivity contribution is -0.139. The molecule has 1 aromatic heterocycles. The number of hydrogen-bond acceptors (Lipinski definition) is 7. The number of carbonyl (C=O) groups excluding carboxylic acids is 3. The third-order valence-corrected chi connectivity index (χ3v) is 3.35. The SMILES string of the molecule is COC(=O)Cc1c(-c2ccccc2)oc(C(=O)OC)c1C(=O)OC. The van der Waals surface area contributed by atoms with Gasteiger partial charge < -0.3 is 18.6 Å². The van der Waals surface area contributed by atoms with Gasteiger partial charge in [0.15, 0.2) is 0 Å². The summed E-state index contributed by atoms with van der Waals surface area (Å²) < 4.78 is 19.6. The van der Waals surface area contributed by atoms with E-state index in [1.807, 2.05) is 0 Å². The fraction of sp³-hybridized carbons (Fsp3) is 0.235. The fourth-order valence-corrected chi connectivity index (χ4v) is 2.23. The first-order valence-corrected chi connectivity index (χ1v) is 6.98. The van der Waals surface area contributed by atoms with Gasteiger partial charge in [0.1, 0.15) is 11.3 Å². The van der Waals surface area contributed by atoms with Crippen molar-refractivity contribution in [2.75, 3.05) is 21.3 Å². The van der Waals surface area contributed by atoms with E-state index in [1.165, 1.54) is 14.2 Å². The third-order valence-electron chi connectivity index (χ3n) is 3.35. The van der Waals surface area contributed by atoms with E-state index in [0.717, 1.165) is 7.11 Å². The number of methoxy groups -OCH3 is 3. The van der Waals surface area contributed by atoms with Gasteiger partial charge in [-0.15, -0.1) is 0 Å². The summed E-state index contributed by atoms with van der Waals surface area (Å²) in [4.78, 5) is 35.9. The zero-order valence-electron chi connectivity index (χ0n) is 13.5. The van der Waals surface area contributed by atoms with Gasteiger partial charge in [-0.25, -0.2) is 9.59 Å². The van der Waals surface area contributed by atoms with Crippen LogP contribution >= 0.6 is 0 Å². The minimum Gasteiger partial charge on any atom is -0.469 e. The minimum absolute atomic E-state index is 0.145. The molecule has 1 heterocycles. The Morgan fingerprint density at radius 3 is 2.08 bits per heavy atom. The largest absolute Gasteiger partial charge is 0.469 e. The quantitative estimate of drug-likeness (QED) is 0.612. The predicted molar refractivity (Wildman–Crippen MR) is 82.5 cm³/mol. The van der Waals surface area contributed by atoms with Crippen LogP contribution in [0, 0.1) is 0 Å². The van der Waals surface area contributed by atoms with Gasteiger partial charge >= 0.3 is 17.9 Å². The van der Waals surface area contributed by atoms with Gasteiger partial charge in [0, 0.05) is 11.1 Å². The molecule has 0 saturated carbocycles. The van der Waals surface area contributed by atoms with Crippen LogP contribution in [0.4, 0.5) is 0 Å². The molecule has 7 nitrogen and oxygen atoms in total. The number of furan rings is 1. The molecule has 0 aliphatic rings. The average molecular weight is 332 g/mol. The predicted octanol–water partition coefficient (Wildman–Crippen LogP) is 2.24. The molecule has 126 valence electrons. The van der Waals surface area contributed by atoms with Crippen molar-refractivity contribution in [3.63, 3.8) is 0 Å². The smallest absolute Gasteiger partial charge is 0.374 e. The maximum Gasteiger partial charge on any atom is 0.374 e. The van der Waals surface area contributed by atoms with Gasteiger partial charge in [0.2, 0.25) is 5.76 Å². The number of ether oxygens (including phenoxy) is 3. The Labute approximate surface area is 138 Å². The first kappa shape index (κ1) is 17.3. The summed E-state index contributed by atoms with van der Waals surface area (Å²) in [5.74, 6) is -2.35. The second-order valence-corrected chi connectivity index (χ2v) is 4.72. The summed E-state index contributed by atoms with van der Waals surface area (Å²) in [6, 6.07) is 8.77. The van der Waals surface area contributed by atoms with Crippen LogP contribution in [0.15, 0.2) is 34.7 Å². The molecule has 0 saturated heterocycles. The van der Waals surface area contributed by atoms with Crippen LogP contribution in [-0.4, -0.2) is 39.2 Å². The molecule has 0 aliphatic heterocycles. The van der Waals surface area contributed by atoms with Gasteiger partial charge in [-0.2, -0.15) is 0 Å². The van der Waals surface area contributed by atoms with Crippen LogP contribution in [0.25, 0.3) is 11.3 Å². The Hall–Kier alpha value is -3.09. The van der Waals surface area contributed by atoms with Gasteiger partial charge in [-0.1, -0.05) is 30.3 Å². The number of carbonyl (C=O) groups is 3. The number of esters is 3. The maximum atomic E-state index is 12.1. The van der Waals surface area contributed by atoms with Crippen LogP contribution in [0.5, 0.6) is 0 Å². The number of benzene rings is 1. The summed E-state index contributed by atoms with van der Waals surface area (Å²) >= 11 is 0. The van der Waals surface area contributed by atoms with Crippen LogP contribution in [-0.2, 0) is 25.4 Å². The van der Waals surface area contributed by atoms with E-state index in [-0.39, 0.29) is 29.1 Å². The van der Waals surface area contributed by atoms with Crippen LogP contribution in [0.3, 0.4) is 0 Å². The number of rotatable bonds is 5. The summed E-state index contributed by atoms with van der Waals surface area (Å²) in [6.07, 6.45) is -0.258. The molecule has 7 heteroatoms. The Morgan fingerprint density at radius 2 is 1.54 bits per heavy atom. The molecular weight excluding hydrogens is 316 g/mol. The van der Waals surface area contributed by atoms with Crippen molar-refractivity contribution in [1.82, 2.24) is 0 Å². The molecule has 0 aliphatic carbocycles. The second kappa shape index (κ2) is 7.45. The van der Waals surface area contributed by atoms with Crippen molar-refractivity contribution >= 4 is 17.9 Å². The second-order valence-electron chi connectivity index (χ2n) is 4.72. The molecule has 0 spiro atoms. The Kier molecular flexibility index (Phi) is 5.36. The van der Waals surface area contributed by atoms with Crippen molar-refractivity contribution < 1.29 is 33.0 Å². The maximum absolute atomic E-state index is 12.1. The molecule has 1 aromatic carbocycles. The molecule has 24 heavy (non-hydrogen) atoms. The summed E-state index contributed by atoms with van der Waals surface area (Å²) in [6.45, 7) is 0. The van der Waals surface area contributed by atoms with Crippen LogP contribution in [0.2, 0.25) is 0 Å². The lowest BCUT2D eigenvalue weighted by Crippen LogP contribution is -2.14. The lowest BCUT2D eigenvalue weighted by Gasteiger charge is -2.04. The first-order chi connectivity index (χ1) is 11.5. The summed E-state index contributed by atoms with van der Waals surface area (Å²) in [7, 11) is 3.55. The molecule has 0 fully saturated rings. The van der Waals surface area contributed by atoms with E-state index in [1.54, 1.807) is 30.3 Å². The van der Waals surface area contributed by atoms with E-state index in [2.05, 4.69) is 9.47 Å². The molecule has 0 N–H and O–H groups in total. The molecule has 0 unspecified atom stereocenters. The average Bonchev–Trinajstić information content (AvgIpc) is 3.00. The number of hydrogen-bond donors (Lipinski definition) is 0. The highest BCUT2D eigenvalue weighted by Gasteiger charge is 2.32. The van der Waals surface area contributed by atoms with Crippen LogP contribution in [0.1, 0.15) is 26.5 Å². The monoisotopic (exact) mass is 332 g/mol. The van der Waals surface area contributed by atoms with Crippen molar-refractivity contribution in [1.29, 1.82) is 0 Å². The molecule has 0 atom stereocenters. The van der Waals surface area contributed by atoms with Gasteiger partial charge in [-0.05, 0) is 0 Å².